The Kier molecular flexibility index (Phi) is 6.11. The van der Waals surface area contributed by atoms with E-state index in [4.69, 9.17) is 14.5 Å². The van der Waals surface area contributed by atoms with Crippen LogP contribution < -0.4 is 0 Å². The zero-order valence-electron chi connectivity index (χ0n) is 16.5. The molecule has 0 bridgehead atoms. The lowest BCUT2D eigenvalue weighted by molar-refractivity contribution is -0.143. The van der Waals surface area contributed by atoms with E-state index in [1.54, 1.807) is 17.9 Å². The normalized spacial score (nSPS) is 15.1. The SMILES string of the molecule is CC(OC(=O)c1cc(-c2ccc(Br)cc2)nc2ccccc12)C(=O)N1CCOCC1. The van der Waals surface area contributed by atoms with Crippen molar-refractivity contribution in [3.63, 3.8) is 0 Å². The number of halogens is 1. The van der Waals surface area contributed by atoms with Crippen LogP contribution in [0.3, 0.4) is 0 Å². The molecule has 2 aromatic carbocycles. The third-order valence-electron chi connectivity index (χ3n) is 5.03. The van der Waals surface area contributed by atoms with Gasteiger partial charge in [-0.25, -0.2) is 9.78 Å². The second kappa shape index (κ2) is 8.93. The molecule has 4 rings (SSSR count). The van der Waals surface area contributed by atoms with Crippen LogP contribution in [0.2, 0.25) is 0 Å². The number of carbonyl (C=O) groups excluding carboxylic acids is 2. The highest BCUT2D eigenvalue weighted by Gasteiger charge is 2.26. The number of benzene rings is 2. The predicted molar refractivity (Wildman–Crippen MR) is 117 cm³/mol. The molecule has 1 unspecified atom stereocenters. The van der Waals surface area contributed by atoms with Gasteiger partial charge in [-0.2, -0.15) is 0 Å². The highest BCUT2D eigenvalue weighted by Crippen LogP contribution is 2.27. The van der Waals surface area contributed by atoms with E-state index in [0.717, 1.165) is 10.0 Å². The monoisotopic (exact) mass is 468 g/mol. The zero-order chi connectivity index (χ0) is 21.1. The third-order valence-corrected chi connectivity index (χ3v) is 5.56. The Morgan fingerprint density at radius 2 is 1.80 bits per heavy atom. The molecular weight excluding hydrogens is 448 g/mol. The number of fused-ring (bicyclic) bond motifs is 1. The van der Waals surface area contributed by atoms with Crippen LogP contribution in [0.15, 0.2) is 59.1 Å². The zero-order valence-corrected chi connectivity index (χ0v) is 18.1. The summed E-state index contributed by atoms with van der Waals surface area (Å²) in [6.07, 6.45) is -0.876. The van der Waals surface area contributed by atoms with Gasteiger partial charge < -0.3 is 14.4 Å². The molecule has 154 valence electrons. The summed E-state index contributed by atoms with van der Waals surface area (Å²) in [5.41, 5.74) is 2.63. The maximum atomic E-state index is 13.0. The molecule has 1 fully saturated rings. The quantitative estimate of drug-likeness (QED) is 0.539. The van der Waals surface area contributed by atoms with E-state index in [1.807, 2.05) is 48.5 Å². The van der Waals surface area contributed by atoms with E-state index < -0.39 is 12.1 Å². The van der Waals surface area contributed by atoms with Crippen LogP contribution in [0.1, 0.15) is 17.3 Å². The molecule has 0 radical (unpaired) electrons. The number of para-hydroxylation sites is 1. The van der Waals surface area contributed by atoms with Gasteiger partial charge >= 0.3 is 5.97 Å². The minimum atomic E-state index is -0.876. The number of amides is 1. The number of hydrogen-bond donors (Lipinski definition) is 0. The number of aromatic nitrogens is 1. The molecule has 0 aliphatic carbocycles. The second-order valence-electron chi connectivity index (χ2n) is 7.06. The van der Waals surface area contributed by atoms with E-state index >= 15 is 0 Å². The molecule has 1 saturated heterocycles. The Morgan fingerprint density at radius 3 is 2.53 bits per heavy atom. The average Bonchev–Trinajstić information content (AvgIpc) is 2.78. The number of hydrogen-bond acceptors (Lipinski definition) is 5. The molecule has 1 aliphatic heterocycles. The van der Waals surface area contributed by atoms with Gasteiger partial charge in [-0.1, -0.05) is 46.3 Å². The van der Waals surface area contributed by atoms with Crippen LogP contribution in [-0.2, 0) is 14.3 Å². The number of esters is 1. The van der Waals surface area contributed by atoms with Crippen molar-refractivity contribution in [1.82, 2.24) is 9.88 Å². The summed E-state index contributed by atoms with van der Waals surface area (Å²) in [5.74, 6) is -0.751. The second-order valence-corrected chi connectivity index (χ2v) is 7.98. The number of rotatable bonds is 4. The van der Waals surface area contributed by atoms with Crippen molar-refractivity contribution >= 4 is 38.7 Å². The van der Waals surface area contributed by atoms with Crippen molar-refractivity contribution in [3.05, 3.63) is 64.6 Å². The van der Waals surface area contributed by atoms with Gasteiger partial charge in [0, 0.05) is 28.5 Å². The fourth-order valence-corrected chi connectivity index (χ4v) is 3.69. The van der Waals surface area contributed by atoms with E-state index in [0.29, 0.717) is 48.5 Å². The van der Waals surface area contributed by atoms with Crippen LogP contribution in [0.5, 0.6) is 0 Å². The summed E-state index contributed by atoms with van der Waals surface area (Å²) in [7, 11) is 0. The molecule has 30 heavy (non-hydrogen) atoms. The molecular formula is C23H21BrN2O4. The summed E-state index contributed by atoms with van der Waals surface area (Å²) in [6.45, 7) is 3.61. The summed E-state index contributed by atoms with van der Waals surface area (Å²) < 4.78 is 11.8. The smallest absolute Gasteiger partial charge is 0.339 e. The molecule has 0 saturated carbocycles. The largest absolute Gasteiger partial charge is 0.449 e. The summed E-state index contributed by atoms with van der Waals surface area (Å²) in [5, 5.41) is 0.689. The van der Waals surface area contributed by atoms with Crippen molar-refractivity contribution in [3.8, 4) is 11.3 Å². The van der Waals surface area contributed by atoms with Crippen molar-refractivity contribution in [2.24, 2.45) is 0 Å². The maximum absolute atomic E-state index is 13.0. The van der Waals surface area contributed by atoms with E-state index in [9.17, 15) is 9.59 Å². The predicted octanol–water partition coefficient (Wildman–Crippen LogP) is 4.07. The first-order valence-corrected chi connectivity index (χ1v) is 10.6. The summed E-state index contributed by atoms with van der Waals surface area (Å²) in [4.78, 5) is 32.0. The fraction of sp³-hybridized carbons (Fsp3) is 0.261. The topological polar surface area (TPSA) is 68.7 Å². The number of ether oxygens (including phenoxy) is 2. The molecule has 1 aromatic heterocycles. The molecule has 6 nitrogen and oxygen atoms in total. The Morgan fingerprint density at radius 1 is 1.10 bits per heavy atom. The van der Waals surface area contributed by atoms with Gasteiger partial charge in [-0.15, -0.1) is 0 Å². The van der Waals surface area contributed by atoms with Crippen molar-refractivity contribution in [2.75, 3.05) is 26.3 Å². The molecule has 1 atom stereocenters. The van der Waals surface area contributed by atoms with E-state index in [2.05, 4.69) is 15.9 Å². The van der Waals surface area contributed by atoms with Crippen LogP contribution in [0.25, 0.3) is 22.2 Å². The van der Waals surface area contributed by atoms with Crippen LogP contribution in [-0.4, -0.2) is 54.2 Å². The van der Waals surface area contributed by atoms with Crippen LogP contribution >= 0.6 is 15.9 Å². The summed E-state index contributed by atoms with van der Waals surface area (Å²) in [6, 6.07) is 16.8. The third kappa shape index (κ3) is 4.37. The molecule has 1 amide bonds. The van der Waals surface area contributed by atoms with Gasteiger partial charge in [-0.05, 0) is 31.2 Å². The lowest BCUT2D eigenvalue weighted by atomic mass is 10.0. The first-order valence-electron chi connectivity index (χ1n) is 9.76. The molecule has 2 heterocycles. The fourth-order valence-electron chi connectivity index (χ4n) is 3.43. The van der Waals surface area contributed by atoms with E-state index in [-0.39, 0.29) is 5.91 Å². The Labute approximate surface area is 182 Å². The molecule has 0 N–H and O–H groups in total. The number of morpholine rings is 1. The Balaban J connectivity index is 1.64. The van der Waals surface area contributed by atoms with Crippen molar-refractivity contribution in [2.45, 2.75) is 13.0 Å². The highest BCUT2D eigenvalue weighted by molar-refractivity contribution is 9.10. The van der Waals surface area contributed by atoms with Crippen LogP contribution in [0.4, 0.5) is 0 Å². The number of carbonyl (C=O) groups is 2. The van der Waals surface area contributed by atoms with Crippen molar-refractivity contribution < 1.29 is 19.1 Å². The van der Waals surface area contributed by atoms with Gasteiger partial charge in [0.25, 0.3) is 5.91 Å². The minimum Gasteiger partial charge on any atom is -0.449 e. The highest BCUT2D eigenvalue weighted by atomic mass is 79.9. The molecule has 0 spiro atoms. The average molecular weight is 469 g/mol. The number of nitrogens with zero attached hydrogens (tertiary/aromatic N) is 2. The number of pyridine rings is 1. The molecule has 3 aromatic rings. The van der Waals surface area contributed by atoms with Gasteiger partial charge in [-0.3, -0.25) is 4.79 Å². The van der Waals surface area contributed by atoms with Gasteiger partial charge in [0.05, 0.1) is 30.0 Å². The lowest BCUT2D eigenvalue weighted by Gasteiger charge is -2.29. The first kappa shape index (κ1) is 20.5. The Bertz CT molecular complexity index is 1080. The van der Waals surface area contributed by atoms with Crippen molar-refractivity contribution in [1.29, 1.82) is 0 Å². The Hall–Kier alpha value is -2.77. The lowest BCUT2D eigenvalue weighted by Crippen LogP contribution is -2.46. The standard InChI is InChI=1S/C23H21BrN2O4/c1-15(22(27)26-10-12-29-13-11-26)30-23(28)19-14-21(16-6-8-17(24)9-7-16)25-20-5-3-2-4-18(19)20/h2-9,14-15H,10-13H2,1H3. The first-order chi connectivity index (χ1) is 14.5. The molecule has 1 aliphatic rings. The van der Waals surface area contributed by atoms with Crippen LogP contribution in [0, 0.1) is 0 Å². The maximum Gasteiger partial charge on any atom is 0.339 e. The summed E-state index contributed by atoms with van der Waals surface area (Å²) >= 11 is 3.43. The van der Waals surface area contributed by atoms with Gasteiger partial charge in [0.1, 0.15) is 0 Å². The van der Waals surface area contributed by atoms with Gasteiger partial charge in [0.2, 0.25) is 0 Å². The van der Waals surface area contributed by atoms with E-state index in [1.165, 1.54) is 0 Å². The molecule has 7 heteroatoms. The van der Waals surface area contributed by atoms with Gasteiger partial charge in [0.15, 0.2) is 6.10 Å². The minimum absolute atomic E-state index is 0.210.